The molecule has 1 fully saturated rings. The topological polar surface area (TPSA) is 21.3 Å². The highest BCUT2D eigenvalue weighted by Gasteiger charge is 2.17. The van der Waals surface area contributed by atoms with E-state index >= 15 is 0 Å². The zero-order chi connectivity index (χ0) is 10.7. The maximum Gasteiger partial charge on any atom is 0.327 e. The largest absolute Gasteiger partial charge is 0.371 e. The van der Waals surface area contributed by atoms with Gasteiger partial charge in [0.25, 0.3) is 0 Å². The molecule has 2 nitrogen and oxygen atoms in total. The molecular weight excluding hydrogens is 249 g/mol. The number of benzene rings is 1. The smallest absolute Gasteiger partial charge is 0.327 e. The van der Waals surface area contributed by atoms with Crippen molar-refractivity contribution in [3.05, 3.63) is 29.8 Å². The molecule has 0 saturated carbocycles. The normalized spacial score (nSPS) is 22.5. The quantitative estimate of drug-likeness (QED) is 0.823. The summed E-state index contributed by atoms with van der Waals surface area (Å²) in [6, 6.07) is 7.18. The van der Waals surface area contributed by atoms with Crippen LogP contribution in [0.1, 0.15) is 11.7 Å². The SMILES string of the molecule is S=[P+](Cl)c1ccc(C2CNCCO2)cc1. The van der Waals surface area contributed by atoms with Crippen molar-refractivity contribution in [2.24, 2.45) is 0 Å². The molecule has 1 aliphatic heterocycles. The van der Waals surface area contributed by atoms with E-state index in [-0.39, 0.29) is 6.10 Å². The Morgan fingerprint density at radius 2 is 2.13 bits per heavy atom. The van der Waals surface area contributed by atoms with Gasteiger partial charge in [0.15, 0.2) is 28.4 Å². The molecular formula is C10H12ClNOPS+. The predicted molar refractivity (Wildman–Crippen MR) is 67.8 cm³/mol. The van der Waals surface area contributed by atoms with Crippen molar-refractivity contribution in [1.29, 1.82) is 0 Å². The Labute approximate surface area is 100 Å². The fraction of sp³-hybridized carbons (Fsp3) is 0.400. The van der Waals surface area contributed by atoms with Crippen LogP contribution in [0.4, 0.5) is 0 Å². The number of morpholine rings is 1. The van der Waals surface area contributed by atoms with Crippen molar-refractivity contribution >= 4 is 34.4 Å². The van der Waals surface area contributed by atoms with Crippen molar-refractivity contribution in [2.45, 2.75) is 6.10 Å². The Kier molecular flexibility index (Phi) is 4.06. The van der Waals surface area contributed by atoms with Crippen molar-refractivity contribution in [3.8, 4) is 0 Å². The summed E-state index contributed by atoms with van der Waals surface area (Å²) < 4.78 is 5.65. The Bertz CT molecular complexity index is 351. The van der Waals surface area contributed by atoms with Crippen molar-refractivity contribution in [3.63, 3.8) is 0 Å². The van der Waals surface area contributed by atoms with Gasteiger partial charge < -0.3 is 10.1 Å². The predicted octanol–water partition coefficient (Wildman–Crippen LogP) is 2.07. The van der Waals surface area contributed by atoms with Gasteiger partial charge in [0.05, 0.1) is 12.7 Å². The molecule has 1 saturated heterocycles. The first-order valence-electron chi connectivity index (χ1n) is 4.82. The van der Waals surface area contributed by atoms with E-state index in [9.17, 15) is 0 Å². The van der Waals surface area contributed by atoms with Crippen molar-refractivity contribution < 1.29 is 4.74 Å². The average molecular weight is 261 g/mol. The van der Waals surface area contributed by atoms with Crippen LogP contribution >= 0.6 is 17.3 Å². The first-order chi connectivity index (χ1) is 7.27. The van der Waals surface area contributed by atoms with E-state index in [0.29, 0.717) is 0 Å². The summed E-state index contributed by atoms with van der Waals surface area (Å²) in [7, 11) is 0. The van der Waals surface area contributed by atoms with Crippen LogP contribution < -0.4 is 10.6 Å². The molecule has 2 rings (SSSR count). The van der Waals surface area contributed by atoms with Gasteiger partial charge in [-0.2, -0.15) is 0 Å². The lowest BCUT2D eigenvalue weighted by atomic mass is 10.1. The summed E-state index contributed by atoms with van der Waals surface area (Å²) in [5.74, 6) is 0. The first-order valence-corrected chi connectivity index (χ1v) is 8.09. The van der Waals surface area contributed by atoms with E-state index in [2.05, 4.69) is 17.4 Å². The third kappa shape index (κ3) is 2.96. The average Bonchev–Trinajstić information content (AvgIpc) is 2.30. The highest BCUT2D eigenvalue weighted by atomic mass is 35.7. The number of nitrogens with one attached hydrogen (secondary N) is 1. The molecule has 80 valence electrons. The van der Waals surface area contributed by atoms with E-state index < -0.39 is 6.05 Å². The van der Waals surface area contributed by atoms with Gasteiger partial charge in [-0.25, -0.2) is 0 Å². The maximum atomic E-state index is 5.88. The standard InChI is InChI=1S/C10H12ClNOPS/c11-14(15)9-3-1-8(2-4-9)10-7-12-5-6-13-10/h1-4,10,12H,5-7H2/q+1. The molecule has 0 radical (unpaired) electrons. The molecule has 1 aromatic carbocycles. The van der Waals surface area contributed by atoms with Crippen LogP contribution in [0, 0.1) is 0 Å². The van der Waals surface area contributed by atoms with E-state index in [1.165, 1.54) is 5.56 Å². The van der Waals surface area contributed by atoms with Gasteiger partial charge in [0.1, 0.15) is 0 Å². The van der Waals surface area contributed by atoms with Gasteiger partial charge in [-0.05, 0) is 17.7 Å². The van der Waals surface area contributed by atoms with Crippen LogP contribution in [0.3, 0.4) is 0 Å². The molecule has 1 heterocycles. The van der Waals surface area contributed by atoms with Crippen LogP contribution in [0.15, 0.2) is 24.3 Å². The van der Waals surface area contributed by atoms with E-state index in [1.807, 2.05) is 12.1 Å². The fourth-order valence-corrected chi connectivity index (χ4v) is 2.67. The number of hydrogen-bond acceptors (Lipinski definition) is 3. The van der Waals surface area contributed by atoms with Gasteiger partial charge in [0.2, 0.25) is 0 Å². The summed E-state index contributed by atoms with van der Waals surface area (Å²) in [5, 5.41) is 4.34. The highest BCUT2D eigenvalue weighted by Crippen LogP contribution is 2.27. The molecule has 15 heavy (non-hydrogen) atoms. The molecule has 1 aromatic rings. The molecule has 0 spiro atoms. The zero-order valence-corrected chi connectivity index (χ0v) is 10.6. The van der Waals surface area contributed by atoms with Crippen molar-refractivity contribution in [1.82, 2.24) is 5.32 Å². The lowest BCUT2D eigenvalue weighted by molar-refractivity contribution is 0.0277. The fourth-order valence-electron chi connectivity index (χ4n) is 1.59. The van der Waals surface area contributed by atoms with Crippen LogP contribution in [0.2, 0.25) is 0 Å². The summed E-state index contributed by atoms with van der Waals surface area (Å²) in [6.45, 7) is 2.59. The molecule has 1 N–H and O–H groups in total. The van der Waals surface area contributed by atoms with Gasteiger partial charge in [-0.1, -0.05) is 12.1 Å². The van der Waals surface area contributed by atoms with Crippen molar-refractivity contribution in [2.75, 3.05) is 19.7 Å². The molecule has 0 aliphatic carbocycles. The summed E-state index contributed by atoms with van der Waals surface area (Å²) >= 11 is 10.9. The monoisotopic (exact) mass is 260 g/mol. The molecule has 0 amide bonds. The van der Waals surface area contributed by atoms with Crippen LogP contribution in [0.5, 0.6) is 0 Å². The minimum Gasteiger partial charge on any atom is -0.371 e. The van der Waals surface area contributed by atoms with Gasteiger partial charge >= 0.3 is 6.05 Å². The highest BCUT2D eigenvalue weighted by molar-refractivity contribution is 8.20. The van der Waals surface area contributed by atoms with Gasteiger partial charge in [-0.3, -0.25) is 0 Å². The zero-order valence-electron chi connectivity index (χ0n) is 8.15. The molecule has 5 heteroatoms. The Balaban J connectivity index is 2.11. The summed E-state index contributed by atoms with van der Waals surface area (Å²) in [4.78, 5) is 0. The lowest BCUT2D eigenvalue weighted by Gasteiger charge is -2.23. The molecule has 2 unspecified atom stereocenters. The lowest BCUT2D eigenvalue weighted by Crippen LogP contribution is -2.33. The molecule has 1 aliphatic rings. The third-order valence-corrected chi connectivity index (χ3v) is 4.32. The number of ether oxygens (including phenoxy) is 1. The summed E-state index contributed by atoms with van der Waals surface area (Å²) in [6.07, 6.45) is 0.166. The number of rotatable bonds is 2. The Morgan fingerprint density at radius 1 is 1.40 bits per heavy atom. The molecule has 2 atom stereocenters. The van der Waals surface area contributed by atoms with E-state index in [1.54, 1.807) is 0 Å². The second kappa shape index (κ2) is 5.33. The second-order valence-electron chi connectivity index (χ2n) is 3.40. The van der Waals surface area contributed by atoms with Crippen LogP contribution in [0.25, 0.3) is 0 Å². The first kappa shape index (κ1) is 11.4. The number of hydrogen-bond donors (Lipinski definition) is 1. The molecule has 0 bridgehead atoms. The van der Waals surface area contributed by atoms with E-state index in [4.69, 9.17) is 27.8 Å². The minimum absolute atomic E-state index is 0.166. The maximum absolute atomic E-state index is 5.88. The minimum atomic E-state index is -0.926. The van der Waals surface area contributed by atoms with Crippen LogP contribution in [-0.2, 0) is 16.5 Å². The third-order valence-electron chi connectivity index (χ3n) is 2.40. The molecule has 0 aromatic heterocycles. The summed E-state index contributed by atoms with van der Waals surface area (Å²) in [5.41, 5.74) is 1.19. The van der Waals surface area contributed by atoms with E-state index in [0.717, 1.165) is 25.0 Å². The Hall–Kier alpha value is -0.0500. The Morgan fingerprint density at radius 3 is 2.67 bits per heavy atom. The van der Waals surface area contributed by atoms with Crippen LogP contribution in [-0.4, -0.2) is 19.7 Å². The number of halogens is 1. The van der Waals surface area contributed by atoms with Gasteiger partial charge in [0, 0.05) is 13.1 Å². The second-order valence-corrected chi connectivity index (χ2v) is 7.12. The van der Waals surface area contributed by atoms with Gasteiger partial charge in [-0.15, -0.1) is 0 Å².